The summed E-state index contributed by atoms with van der Waals surface area (Å²) in [4.78, 5) is 12.0. The number of hydrogen-bond donors (Lipinski definition) is 4. The predicted octanol–water partition coefficient (Wildman–Crippen LogP) is 1.28. The molecule has 9 nitrogen and oxygen atoms in total. The fourth-order valence-corrected chi connectivity index (χ4v) is 3.29. The summed E-state index contributed by atoms with van der Waals surface area (Å²) in [5.74, 6) is -0.354. The van der Waals surface area contributed by atoms with Crippen LogP contribution in [0.2, 0.25) is 0 Å². The maximum absolute atomic E-state index is 12.0. The van der Waals surface area contributed by atoms with Gasteiger partial charge in [0.15, 0.2) is 6.29 Å². The first-order valence-electron chi connectivity index (χ1n) is 11.6. The molecule has 1 aliphatic heterocycles. The molecule has 9 heteroatoms. The summed E-state index contributed by atoms with van der Waals surface area (Å²) in [6.07, 6.45) is 1.23. The Morgan fingerprint density at radius 3 is 2.26 bits per heavy atom. The largest absolute Gasteiger partial charge is 0.457 e. The van der Waals surface area contributed by atoms with Gasteiger partial charge in [-0.25, -0.2) is 0 Å². The normalized spacial score (nSPS) is 27.2. The monoisotopic (exact) mass is 450 g/mol. The fraction of sp³-hybridized carbons (Fsp3) is 0.955. The third-order valence-corrected chi connectivity index (χ3v) is 5.27. The van der Waals surface area contributed by atoms with E-state index in [9.17, 15) is 25.2 Å². The summed E-state index contributed by atoms with van der Waals surface area (Å²) in [5.41, 5.74) is 0. The van der Waals surface area contributed by atoms with E-state index in [0.717, 1.165) is 25.7 Å². The summed E-state index contributed by atoms with van der Waals surface area (Å²) < 4.78 is 22.0. The minimum atomic E-state index is -1.52. The first kappa shape index (κ1) is 28.2. The molecule has 0 aromatic heterocycles. The van der Waals surface area contributed by atoms with E-state index in [1.165, 1.54) is 25.7 Å². The average Bonchev–Trinajstić information content (AvgIpc) is 2.77. The van der Waals surface area contributed by atoms with Gasteiger partial charge < -0.3 is 39.4 Å². The Balaban J connectivity index is 2.48. The number of carbonyl (C=O) groups excluding carboxylic acids is 1. The van der Waals surface area contributed by atoms with Gasteiger partial charge in [0.1, 0.15) is 30.5 Å². The van der Waals surface area contributed by atoms with Crippen LogP contribution in [-0.2, 0) is 23.7 Å². The molecule has 0 aliphatic carbocycles. The van der Waals surface area contributed by atoms with Gasteiger partial charge in [0.2, 0.25) is 0 Å². The molecule has 1 saturated heterocycles. The number of rotatable bonds is 17. The van der Waals surface area contributed by atoms with Crippen LogP contribution in [0.3, 0.4) is 0 Å². The highest BCUT2D eigenvalue weighted by Crippen LogP contribution is 2.22. The molecule has 0 saturated carbocycles. The SMILES string of the molecule is CCCCCCCCOCC(COC1OC(CO)C(O)C(O)C1O)OC(=O)CCCC. The highest BCUT2D eigenvalue weighted by atomic mass is 16.7. The first-order valence-corrected chi connectivity index (χ1v) is 11.6. The molecule has 1 fully saturated rings. The van der Waals surface area contributed by atoms with Crippen molar-refractivity contribution in [2.75, 3.05) is 26.4 Å². The van der Waals surface area contributed by atoms with Crippen molar-refractivity contribution >= 4 is 5.97 Å². The molecule has 0 radical (unpaired) electrons. The van der Waals surface area contributed by atoms with Crippen LogP contribution in [0.25, 0.3) is 0 Å². The zero-order valence-electron chi connectivity index (χ0n) is 19.0. The minimum absolute atomic E-state index is 0.114. The van der Waals surface area contributed by atoms with Crippen LogP contribution in [0.1, 0.15) is 71.6 Å². The smallest absolute Gasteiger partial charge is 0.306 e. The lowest BCUT2D eigenvalue weighted by Crippen LogP contribution is -2.59. The molecule has 4 N–H and O–H groups in total. The maximum atomic E-state index is 12.0. The van der Waals surface area contributed by atoms with Crippen molar-refractivity contribution in [2.45, 2.75) is 108 Å². The lowest BCUT2D eigenvalue weighted by molar-refractivity contribution is -0.305. The van der Waals surface area contributed by atoms with E-state index in [0.29, 0.717) is 13.0 Å². The van der Waals surface area contributed by atoms with Crippen LogP contribution in [0.5, 0.6) is 0 Å². The lowest BCUT2D eigenvalue weighted by atomic mass is 9.99. The van der Waals surface area contributed by atoms with Gasteiger partial charge in [-0.3, -0.25) is 4.79 Å². The Labute approximate surface area is 185 Å². The standard InChI is InChI=1S/C22H42O9/c1-3-5-7-8-9-10-12-28-14-16(30-18(24)11-6-4-2)15-29-22-21(27)20(26)19(25)17(13-23)31-22/h16-17,19-23,25-27H,3-15H2,1-2H3. The van der Waals surface area contributed by atoms with Crippen LogP contribution in [0.15, 0.2) is 0 Å². The van der Waals surface area contributed by atoms with E-state index in [-0.39, 0.29) is 19.2 Å². The molecular formula is C22H42O9. The summed E-state index contributed by atoms with van der Waals surface area (Å²) in [7, 11) is 0. The quantitative estimate of drug-likeness (QED) is 0.191. The second kappa shape index (κ2) is 16.8. The predicted molar refractivity (Wildman–Crippen MR) is 113 cm³/mol. The highest BCUT2D eigenvalue weighted by molar-refractivity contribution is 5.69. The van der Waals surface area contributed by atoms with Crippen molar-refractivity contribution in [3.8, 4) is 0 Å². The Morgan fingerprint density at radius 2 is 1.58 bits per heavy atom. The number of ether oxygens (including phenoxy) is 4. The number of carbonyl (C=O) groups is 1. The maximum Gasteiger partial charge on any atom is 0.306 e. The van der Waals surface area contributed by atoms with Crippen molar-refractivity contribution in [2.24, 2.45) is 0 Å². The molecule has 0 aromatic rings. The van der Waals surface area contributed by atoms with Gasteiger partial charge in [0.05, 0.1) is 19.8 Å². The highest BCUT2D eigenvalue weighted by Gasteiger charge is 2.44. The molecule has 1 heterocycles. The first-order chi connectivity index (χ1) is 14.9. The molecule has 0 amide bonds. The number of aliphatic hydroxyl groups is 4. The molecule has 31 heavy (non-hydrogen) atoms. The second-order valence-electron chi connectivity index (χ2n) is 8.09. The summed E-state index contributed by atoms with van der Waals surface area (Å²) in [5, 5.41) is 39.1. The summed E-state index contributed by atoms with van der Waals surface area (Å²) >= 11 is 0. The molecule has 1 rings (SSSR count). The molecule has 6 atom stereocenters. The lowest BCUT2D eigenvalue weighted by Gasteiger charge is -2.39. The van der Waals surface area contributed by atoms with Crippen molar-refractivity contribution in [1.29, 1.82) is 0 Å². The van der Waals surface area contributed by atoms with Crippen LogP contribution in [0, 0.1) is 0 Å². The van der Waals surface area contributed by atoms with Crippen molar-refractivity contribution in [3.63, 3.8) is 0 Å². The third-order valence-electron chi connectivity index (χ3n) is 5.27. The second-order valence-corrected chi connectivity index (χ2v) is 8.09. The van der Waals surface area contributed by atoms with Gasteiger partial charge in [0.25, 0.3) is 0 Å². The zero-order chi connectivity index (χ0) is 23.1. The van der Waals surface area contributed by atoms with Crippen molar-refractivity contribution in [3.05, 3.63) is 0 Å². The Morgan fingerprint density at radius 1 is 0.903 bits per heavy atom. The van der Waals surface area contributed by atoms with E-state index in [4.69, 9.17) is 18.9 Å². The molecule has 0 spiro atoms. The fourth-order valence-electron chi connectivity index (χ4n) is 3.29. The topological polar surface area (TPSA) is 135 Å². The molecule has 6 unspecified atom stereocenters. The van der Waals surface area contributed by atoms with E-state index >= 15 is 0 Å². The Hall–Kier alpha value is -0.810. The van der Waals surface area contributed by atoms with E-state index in [1.807, 2.05) is 6.92 Å². The van der Waals surface area contributed by atoms with Crippen LogP contribution >= 0.6 is 0 Å². The van der Waals surface area contributed by atoms with E-state index in [2.05, 4.69) is 6.92 Å². The van der Waals surface area contributed by atoms with Crippen molar-refractivity contribution in [1.82, 2.24) is 0 Å². The van der Waals surface area contributed by atoms with E-state index < -0.39 is 43.4 Å². The van der Waals surface area contributed by atoms with Gasteiger partial charge in [-0.2, -0.15) is 0 Å². The Bertz CT molecular complexity index is 460. The van der Waals surface area contributed by atoms with Crippen molar-refractivity contribution < 1.29 is 44.2 Å². The number of esters is 1. The molecule has 0 bridgehead atoms. The average molecular weight is 451 g/mol. The number of hydrogen-bond acceptors (Lipinski definition) is 9. The summed E-state index contributed by atoms with van der Waals surface area (Å²) in [6.45, 7) is 4.20. The van der Waals surface area contributed by atoms with Crippen LogP contribution < -0.4 is 0 Å². The van der Waals surface area contributed by atoms with Gasteiger partial charge in [-0.05, 0) is 12.8 Å². The Kier molecular flexibility index (Phi) is 15.3. The molecule has 1 aliphatic rings. The van der Waals surface area contributed by atoms with E-state index in [1.54, 1.807) is 0 Å². The van der Waals surface area contributed by atoms with Gasteiger partial charge >= 0.3 is 5.97 Å². The molecule has 184 valence electrons. The molecular weight excluding hydrogens is 408 g/mol. The number of unbranched alkanes of at least 4 members (excludes halogenated alkanes) is 6. The number of aliphatic hydroxyl groups excluding tert-OH is 4. The zero-order valence-corrected chi connectivity index (χ0v) is 19.0. The minimum Gasteiger partial charge on any atom is -0.457 e. The van der Waals surface area contributed by atoms with Crippen LogP contribution in [0.4, 0.5) is 0 Å². The third kappa shape index (κ3) is 11.1. The van der Waals surface area contributed by atoms with Gasteiger partial charge in [0, 0.05) is 13.0 Å². The summed E-state index contributed by atoms with van der Waals surface area (Å²) in [6, 6.07) is 0. The van der Waals surface area contributed by atoms with Gasteiger partial charge in [-0.15, -0.1) is 0 Å². The molecule has 0 aromatic carbocycles. The van der Waals surface area contributed by atoms with Crippen LogP contribution in [-0.4, -0.2) is 89.6 Å². The van der Waals surface area contributed by atoms with Gasteiger partial charge in [-0.1, -0.05) is 52.4 Å².